The summed E-state index contributed by atoms with van der Waals surface area (Å²) in [7, 11) is 0. The molecule has 1 atom stereocenters. The van der Waals surface area contributed by atoms with Crippen molar-refractivity contribution in [1.82, 2.24) is 10.6 Å². The molecule has 3 rings (SSSR count). The third-order valence-electron chi connectivity index (χ3n) is 4.32. The Morgan fingerprint density at radius 2 is 2.11 bits per heavy atom. The van der Waals surface area contributed by atoms with Gasteiger partial charge in [0, 0.05) is 12.1 Å². The van der Waals surface area contributed by atoms with Gasteiger partial charge in [0.2, 0.25) is 0 Å². The van der Waals surface area contributed by atoms with Gasteiger partial charge in [0.1, 0.15) is 0 Å². The molecule has 1 unspecified atom stereocenters. The van der Waals surface area contributed by atoms with E-state index in [0.717, 1.165) is 31.6 Å². The lowest BCUT2D eigenvalue weighted by atomic mass is 9.90. The van der Waals surface area contributed by atoms with Crippen LogP contribution in [0.2, 0.25) is 0 Å². The van der Waals surface area contributed by atoms with E-state index in [1.807, 2.05) is 6.07 Å². The third kappa shape index (κ3) is 2.98. The van der Waals surface area contributed by atoms with Crippen LogP contribution in [0.15, 0.2) is 18.2 Å². The molecular weight excluding hydrogens is 236 g/mol. The molecule has 1 fully saturated rings. The van der Waals surface area contributed by atoms with Crippen molar-refractivity contribution in [3.05, 3.63) is 34.9 Å². The SMILES string of the molecule is O=C(NCC1CCNC1)c1ccc2c(c1)CCCC2. The van der Waals surface area contributed by atoms with Crippen molar-refractivity contribution < 1.29 is 4.79 Å². The maximum Gasteiger partial charge on any atom is 0.251 e. The lowest BCUT2D eigenvalue weighted by Crippen LogP contribution is -2.30. The predicted octanol–water partition coefficient (Wildman–Crippen LogP) is 1.90. The third-order valence-corrected chi connectivity index (χ3v) is 4.32. The molecule has 19 heavy (non-hydrogen) atoms. The summed E-state index contributed by atoms with van der Waals surface area (Å²) in [4.78, 5) is 12.2. The molecule has 3 nitrogen and oxygen atoms in total. The van der Waals surface area contributed by atoms with Crippen LogP contribution in [-0.4, -0.2) is 25.5 Å². The lowest BCUT2D eigenvalue weighted by Gasteiger charge is -2.17. The number of hydrogen-bond acceptors (Lipinski definition) is 2. The topological polar surface area (TPSA) is 41.1 Å². The number of benzene rings is 1. The first-order valence-corrected chi connectivity index (χ1v) is 7.43. The summed E-state index contributed by atoms with van der Waals surface area (Å²) >= 11 is 0. The van der Waals surface area contributed by atoms with Crippen molar-refractivity contribution in [2.45, 2.75) is 32.1 Å². The molecule has 1 heterocycles. The van der Waals surface area contributed by atoms with Crippen molar-refractivity contribution in [2.75, 3.05) is 19.6 Å². The van der Waals surface area contributed by atoms with Crippen LogP contribution in [0.4, 0.5) is 0 Å². The van der Waals surface area contributed by atoms with Gasteiger partial charge in [0.05, 0.1) is 0 Å². The molecule has 1 aromatic rings. The van der Waals surface area contributed by atoms with E-state index in [9.17, 15) is 4.79 Å². The van der Waals surface area contributed by atoms with Crippen LogP contribution in [0.25, 0.3) is 0 Å². The molecule has 1 aromatic carbocycles. The second-order valence-corrected chi connectivity index (χ2v) is 5.76. The van der Waals surface area contributed by atoms with E-state index in [-0.39, 0.29) is 5.91 Å². The average Bonchev–Trinajstić information content (AvgIpc) is 2.97. The second kappa shape index (κ2) is 5.74. The minimum absolute atomic E-state index is 0.0836. The standard InChI is InChI=1S/C16H22N2O/c19-16(18-11-12-7-8-17-10-12)15-6-5-13-3-1-2-4-14(13)9-15/h5-6,9,12,17H,1-4,7-8,10-11H2,(H,18,19). The lowest BCUT2D eigenvalue weighted by molar-refractivity contribution is 0.0948. The Kier molecular flexibility index (Phi) is 3.83. The number of amides is 1. The quantitative estimate of drug-likeness (QED) is 0.869. The molecule has 0 spiro atoms. The normalized spacial score (nSPS) is 22.0. The highest BCUT2D eigenvalue weighted by Crippen LogP contribution is 2.22. The molecule has 1 aliphatic carbocycles. The van der Waals surface area contributed by atoms with Gasteiger partial charge in [0.15, 0.2) is 0 Å². The minimum atomic E-state index is 0.0836. The predicted molar refractivity (Wildman–Crippen MR) is 76.4 cm³/mol. The number of rotatable bonds is 3. The van der Waals surface area contributed by atoms with Gasteiger partial charge in [-0.3, -0.25) is 4.79 Å². The molecule has 1 amide bonds. The molecule has 2 aliphatic rings. The molecule has 1 saturated heterocycles. The fourth-order valence-electron chi connectivity index (χ4n) is 3.10. The van der Waals surface area contributed by atoms with Gasteiger partial charge in [-0.05, 0) is 74.4 Å². The van der Waals surface area contributed by atoms with E-state index >= 15 is 0 Å². The monoisotopic (exact) mass is 258 g/mol. The van der Waals surface area contributed by atoms with Crippen LogP contribution in [0.1, 0.15) is 40.7 Å². The van der Waals surface area contributed by atoms with Crippen molar-refractivity contribution >= 4 is 5.91 Å². The Bertz CT molecular complexity index is 464. The summed E-state index contributed by atoms with van der Waals surface area (Å²) in [5, 5.41) is 6.39. The van der Waals surface area contributed by atoms with Gasteiger partial charge in [0.25, 0.3) is 5.91 Å². The van der Waals surface area contributed by atoms with E-state index in [1.54, 1.807) is 0 Å². The smallest absolute Gasteiger partial charge is 0.251 e. The van der Waals surface area contributed by atoms with E-state index in [2.05, 4.69) is 22.8 Å². The zero-order valence-corrected chi connectivity index (χ0v) is 11.4. The first kappa shape index (κ1) is 12.7. The van der Waals surface area contributed by atoms with Crippen molar-refractivity contribution in [3.63, 3.8) is 0 Å². The first-order chi connectivity index (χ1) is 9.33. The molecule has 3 heteroatoms. The molecule has 0 radical (unpaired) electrons. The van der Waals surface area contributed by atoms with Gasteiger partial charge >= 0.3 is 0 Å². The van der Waals surface area contributed by atoms with Crippen LogP contribution >= 0.6 is 0 Å². The average molecular weight is 258 g/mol. The van der Waals surface area contributed by atoms with Crippen LogP contribution in [-0.2, 0) is 12.8 Å². The Morgan fingerprint density at radius 1 is 1.26 bits per heavy atom. The van der Waals surface area contributed by atoms with E-state index < -0.39 is 0 Å². The minimum Gasteiger partial charge on any atom is -0.352 e. The summed E-state index contributed by atoms with van der Waals surface area (Å²) in [6.07, 6.45) is 6.01. The van der Waals surface area contributed by atoms with Crippen LogP contribution in [0.3, 0.4) is 0 Å². The fourth-order valence-corrected chi connectivity index (χ4v) is 3.10. The number of hydrogen-bond donors (Lipinski definition) is 2. The van der Waals surface area contributed by atoms with Crippen molar-refractivity contribution in [3.8, 4) is 0 Å². The molecule has 1 aliphatic heterocycles. The highest BCUT2D eigenvalue weighted by molar-refractivity contribution is 5.94. The van der Waals surface area contributed by atoms with Gasteiger partial charge in [-0.15, -0.1) is 0 Å². The van der Waals surface area contributed by atoms with Crippen molar-refractivity contribution in [2.24, 2.45) is 5.92 Å². The Morgan fingerprint density at radius 3 is 2.89 bits per heavy atom. The van der Waals surface area contributed by atoms with E-state index in [4.69, 9.17) is 0 Å². The molecule has 0 saturated carbocycles. The first-order valence-electron chi connectivity index (χ1n) is 7.43. The highest BCUT2D eigenvalue weighted by atomic mass is 16.1. The number of carbonyl (C=O) groups excluding carboxylic acids is 1. The number of carbonyl (C=O) groups is 1. The zero-order valence-electron chi connectivity index (χ0n) is 11.4. The van der Waals surface area contributed by atoms with Crippen LogP contribution < -0.4 is 10.6 Å². The number of nitrogens with one attached hydrogen (secondary N) is 2. The highest BCUT2D eigenvalue weighted by Gasteiger charge is 2.17. The van der Waals surface area contributed by atoms with Crippen LogP contribution in [0, 0.1) is 5.92 Å². The number of fused-ring (bicyclic) bond motifs is 1. The Hall–Kier alpha value is -1.35. The molecular formula is C16H22N2O. The van der Waals surface area contributed by atoms with E-state index in [0.29, 0.717) is 5.92 Å². The van der Waals surface area contributed by atoms with Gasteiger partial charge in [-0.2, -0.15) is 0 Å². The van der Waals surface area contributed by atoms with Crippen LogP contribution in [0.5, 0.6) is 0 Å². The summed E-state index contributed by atoms with van der Waals surface area (Å²) < 4.78 is 0. The zero-order chi connectivity index (χ0) is 13.1. The molecule has 0 bridgehead atoms. The number of aryl methyl sites for hydroxylation is 2. The van der Waals surface area contributed by atoms with Gasteiger partial charge in [-0.25, -0.2) is 0 Å². The summed E-state index contributed by atoms with van der Waals surface area (Å²) in [5.74, 6) is 0.682. The Balaban J connectivity index is 1.62. The fraction of sp³-hybridized carbons (Fsp3) is 0.562. The molecule has 102 valence electrons. The molecule has 2 N–H and O–H groups in total. The molecule has 0 aromatic heterocycles. The maximum absolute atomic E-state index is 12.2. The Labute approximate surface area is 114 Å². The maximum atomic E-state index is 12.2. The van der Waals surface area contributed by atoms with Crippen molar-refractivity contribution in [1.29, 1.82) is 0 Å². The summed E-state index contributed by atoms with van der Waals surface area (Å²) in [6.45, 7) is 2.91. The van der Waals surface area contributed by atoms with E-state index in [1.165, 1.54) is 36.8 Å². The summed E-state index contributed by atoms with van der Waals surface area (Å²) in [6, 6.07) is 6.21. The second-order valence-electron chi connectivity index (χ2n) is 5.76. The summed E-state index contributed by atoms with van der Waals surface area (Å²) in [5.41, 5.74) is 3.64. The van der Waals surface area contributed by atoms with Gasteiger partial charge in [-0.1, -0.05) is 6.07 Å². The van der Waals surface area contributed by atoms with Gasteiger partial charge < -0.3 is 10.6 Å². The largest absolute Gasteiger partial charge is 0.352 e.